The monoisotopic (exact) mass is 253 g/mol. The van der Waals surface area contributed by atoms with Crippen molar-refractivity contribution in [2.24, 2.45) is 0 Å². The minimum absolute atomic E-state index is 0.0791. The molecule has 1 saturated heterocycles. The Hall–Kier alpha value is -1.40. The van der Waals surface area contributed by atoms with Gasteiger partial charge in [-0.25, -0.2) is 0 Å². The topological polar surface area (TPSA) is 67.6 Å². The number of hydrogen-bond acceptors (Lipinski definition) is 5. The Morgan fingerprint density at radius 2 is 2.17 bits per heavy atom. The molecule has 1 aromatic heterocycles. The summed E-state index contributed by atoms with van der Waals surface area (Å²) in [5.41, 5.74) is 0. The average molecular weight is 253 g/mol. The van der Waals surface area contributed by atoms with Crippen molar-refractivity contribution < 1.29 is 14.1 Å². The fraction of sp³-hybridized carbons (Fsp3) is 0.667. The number of ether oxygens (including phenoxy) is 1. The minimum Gasteiger partial charge on any atom is -0.373 e. The molecule has 2 heterocycles. The van der Waals surface area contributed by atoms with Gasteiger partial charge in [0.15, 0.2) is 5.82 Å². The van der Waals surface area contributed by atoms with E-state index in [1.807, 2.05) is 13.8 Å². The lowest BCUT2D eigenvalue weighted by atomic mass is 10.2. The normalized spacial score (nSPS) is 25.1. The molecule has 6 heteroatoms. The Labute approximate surface area is 106 Å². The molecule has 0 aliphatic carbocycles. The maximum Gasteiger partial charge on any atom is 0.239 e. The van der Waals surface area contributed by atoms with Crippen LogP contribution in [-0.2, 0) is 9.53 Å². The number of nitrogens with zero attached hydrogens (tertiary/aromatic N) is 2. The second-order valence-electron chi connectivity index (χ2n) is 4.82. The summed E-state index contributed by atoms with van der Waals surface area (Å²) >= 11 is 0. The fourth-order valence-corrected chi connectivity index (χ4v) is 2.22. The van der Waals surface area contributed by atoms with Gasteiger partial charge in [0.05, 0.1) is 18.8 Å². The van der Waals surface area contributed by atoms with Gasteiger partial charge in [0.1, 0.15) is 5.76 Å². The second kappa shape index (κ2) is 5.49. The molecule has 1 aromatic rings. The van der Waals surface area contributed by atoms with Crippen LogP contribution in [0.4, 0.5) is 5.82 Å². The third-order valence-electron chi connectivity index (χ3n) is 2.76. The van der Waals surface area contributed by atoms with Crippen molar-refractivity contribution in [1.82, 2.24) is 10.1 Å². The van der Waals surface area contributed by atoms with Crippen molar-refractivity contribution in [3.05, 3.63) is 11.8 Å². The Morgan fingerprint density at radius 1 is 1.50 bits per heavy atom. The predicted octanol–water partition coefficient (Wildman–Crippen LogP) is 1.03. The van der Waals surface area contributed by atoms with Gasteiger partial charge >= 0.3 is 0 Å². The number of amides is 1. The van der Waals surface area contributed by atoms with E-state index in [1.165, 1.54) is 0 Å². The number of carbonyl (C=O) groups is 1. The van der Waals surface area contributed by atoms with Crippen molar-refractivity contribution in [2.45, 2.75) is 33.0 Å². The molecule has 1 aliphatic rings. The highest BCUT2D eigenvalue weighted by atomic mass is 16.5. The lowest BCUT2D eigenvalue weighted by molar-refractivity contribution is -0.121. The SMILES string of the molecule is Cc1cc(NC(=O)CN2C[C@@H](C)O[C@@H](C)C2)no1. The van der Waals surface area contributed by atoms with E-state index in [0.29, 0.717) is 18.1 Å². The fourth-order valence-electron chi connectivity index (χ4n) is 2.22. The molecule has 1 amide bonds. The molecule has 1 N–H and O–H groups in total. The Kier molecular flexibility index (Phi) is 3.98. The first-order chi connectivity index (χ1) is 8.52. The number of aryl methyl sites for hydroxylation is 1. The van der Waals surface area contributed by atoms with Crippen molar-refractivity contribution in [1.29, 1.82) is 0 Å². The first kappa shape index (κ1) is 13.0. The quantitative estimate of drug-likeness (QED) is 0.871. The smallest absolute Gasteiger partial charge is 0.239 e. The first-order valence-corrected chi connectivity index (χ1v) is 6.14. The van der Waals surface area contributed by atoms with E-state index in [9.17, 15) is 4.79 Å². The zero-order chi connectivity index (χ0) is 13.1. The van der Waals surface area contributed by atoms with E-state index in [4.69, 9.17) is 9.26 Å². The maximum atomic E-state index is 11.8. The van der Waals surface area contributed by atoms with Gasteiger partial charge in [0.2, 0.25) is 5.91 Å². The molecule has 0 radical (unpaired) electrons. The molecule has 2 atom stereocenters. The number of nitrogens with one attached hydrogen (secondary N) is 1. The average Bonchev–Trinajstić information content (AvgIpc) is 2.61. The molecule has 0 aromatic carbocycles. The van der Waals surface area contributed by atoms with Gasteiger partial charge < -0.3 is 14.6 Å². The van der Waals surface area contributed by atoms with Crippen molar-refractivity contribution >= 4 is 11.7 Å². The van der Waals surface area contributed by atoms with E-state index in [-0.39, 0.29) is 18.1 Å². The number of hydrogen-bond donors (Lipinski definition) is 1. The van der Waals surface area contributed by atoms with Gasteiger partial charge in [0, 0.05) is 19.2 Å². The highest BCUT2D eigenvalue weighted by molar-refractivity contribution is 5.91. The maximum absolute atomic E-state index is 11.8. The van der Waals surface area contributed by atoms with Crippen LogP contribution in [0.15, 0.2) is 10.6 Å². The standard InChI is InChI=1S/C12H19N3O3/c1-8-4-11(14-18-8)13-12(16)7-15-5-9(2)17-10(3)6-15/h4,9-10H,5-7H2,1-3H3,(H,13,14,16)/t9-,10+. The Bertz CT molecular complexity index is 408. The first-order valence-electron chi connectivity index (χ1n) is 6.14. The summed E-state index contributed by atoms with van der Waals surface area (Å²) in [5, 5.41) is 6.44. The molecule has 18 heavy (non-hydrogen) atoms. The number of anilines is 1. The van der Waals surface area contributed by atoms with Crippen molar-refractivity contribution in [3.8, 4) is 0 Å². The third-order valence-corrected chi connectivity index (χ3v) is 2.76. The molecule has 100 valence electrons. The molecule has 6 nitrogen and oxygen atoms in total. The van der Waals surface area contributed by atoms with Crippen molar-refractivity contribution in [2.75, 3.05) is 25.0 Å². The Morgan fingerprint density at radius 3 is 2.72 bits per heavy atom. The summed E-state index contributed by atoms with van der Waals surface area (Å²) in [6.45, 7) is 7.71. The van der Waals surface area contributed by atoms with Gasteiger partial charge in [-0.15, -0.1) is 0 Å². The highest BCUT2D eigenvalue weighted by Gasteiger charge is 2.23. The summed E-state index contributed by atoms with van der Waals surface area (Å²) in [4.78, 5) is 13.9. The van der Waals surface area contributed by atoms with E-state index >= 15 is 0 Å². The summed E-state index contributed by atoms with van der Waals surface area (Å²) in [7, 11) is 0. The zero-order valence-corrected chi connectivity index (χ0v) is 11.0. The summed E-state index contributed by atoms with van der Waals surface area (Å²) in [6.07, 6.45) is 0.326. The van der Waals surface area contributed by atoms with Gasteiger partial charge in [0.25, 0.3) is 0 Å². The van der Waals surface area contributed by atoms with E-state index < -0.39 is 0 Å². The van der Waals surface area contributed by atoms with Crippen LogP contribution in [0.1, 0.15) is 19.6 Å². The van der Waals surface area contributed by atoms with Crippen molar-refractivity contribution in [3.63, 3.8) is 0 Å². The van der Waals surface area contributed by atoms with Crippen LogP contribution < -0.4 is 5.32 Å². The largest absolute Gasteiger partial charge is 0.373 e. The minimum atomic E-state index is -0.0791. The van der Waals surface area contributed by atoms with Crippen LogP contribution in [0.2, 0.25) is 0 Å². The van der Waals surface area contributed by atoms with Gasteiger partial charge in [-0.2, -0.15) is 0 Å². The van der Waals surface area contributed by atoms with Crippen LogP contribution in [0, 0.1) is 6.92 Å². The number of carbonyl (C=O) groups excluding carboxylic acids is 1. The van der Waals surface area contributed by atoms with E-state index in [1.54, 1.807) is 13.0 Å². The highest BCUT2D eigenvalue weighted by Crippen LogP contribution is 2.11. The predicted molar refractivity (Wildman–Crippen MR) is 66.3 cm³/mol. The molecular formula is C12H19N3O3. The summed E-state index contributed by atoms with van der Waals surface area (Å²) in [6, 6.07) is 1.70. The van der Waals surface area contributed by atoms with Crippen LogP contribution in [-0.4, -0.2) is 47.8 Å². The number of morpholine rings is 1. The van der Waals surface area contributed by atoms with Gasteiger partial charge in [-0.1, -0.05) is 5.16 Å². The molecular weight excluding hydrogens is 234 g/mol. The van der Waals surface area contributed by atoms with Crippen LogP contribution in [0.5, 0.6) is 0 Å². The van der Waals surface area contributed by atoms with Gasteiger partial charge in [-0.05, 0) is 20.8 Å². The summed E-state index contributed by atoms with van der Waals surface area (Å²) < 4.78 is 10.5. The van der Waals surface area contributed by atoms with Crippen LogP contribution in [0.25, 0.3) is 0 Å². The molecule has 0 bridgehead atoms. The molecule has 2 rings (SSSR count). The zero-order valence-electron chi connectivity index (χ0n) is 11.0. The molecule has 1 aliphatic heterocycles. The summed E-state index contributed by atoms with van der Waals surface area (Å²) in [5.74, 6) is 1.07. The number of aromatic nitrogens is 1. The van der Waals surface area contributed by atoms with Gasteiger partial charge in [-0.3, -0.25) is 9.69 Å². The van der Waals surface area contributed by atoms with Crippen LogP contribution in [0.3, 0.4) is 0 Å². The molecule has 0 spiro atoms. The van der Waals surface area contributed by atoms with Crippen LogP contribution >= 0.6 is 0 Å². The van der Waals surface area contributed by atoms with E-state index in [2.05, 4.69) is 15.4 Å². The molecule has 1 fully saturated rings. The second-order valence-corrected chi connectivity index (χ2v) is 4.82. The lowest BCUT2D eigenvalue weighted by Crippen LogP contribution is -2.48. The lowest BCUT2D eigenvalue weighted by Gasteiger charge is -2.34. The molecule has 0 unspecified atom stereocenters. The third kappa shape index (κ3) is 3.54. The number of rotatable bonds is 3. The Balaban J connectivity index is 1.83. The molecule has 0 saturated carbocycles. The van der Waals surface area contributed by atoms with E-state index in [0.717, 1.165) is 13.1 Å².